The van der Waals surface area contributed by atoms with Crippen LogP contribution in [0.15, 0.2) is 18.2 Å². The predicted octanol–water partition coefficient (Wildman–Crippen LogP) is 2.58. The summed E-state index contributed by atoms with van der Waals surface area (Å²) in [4.78, 5) is 0. The van der Waals surface area contributed by atoms with Crippen LogP contribution in [0.25, 0.3) is 0 Å². The van der Waals surface area contributed by atoms with Crippen molar-refractivity contribution in [3.05, 3.63) is 29.3 Å². The molecule has 0 radical (unpaired) electrons. The summed E-state index contributed by atoms with van der Waals surface area (Å²) in [7, 11) is 1.73. The molecule has 3 heteroatoms. The van der Waals surface area contributed by atoms with Crippen LogP contribution in [0.4, 0.5) is 0 Å². The molecule has 2 nitrogen and oxygen atoms in total. The summed E-state index contributed by atoms with van der Waals surface area (Å²) < 4.78 is 5.26. The first-order valence-corrected chi connectivity index (χ1v) is 5.72. The minimum absolute atomic E-state index is 0. The molecular formula is C13H20ClNO. The molecule has 1 aliphatic rings. The van der Waals surface area contributed by atoms with Crippen LogP contribution in [0.3, 0.4) is 0 Å². The number of ether oxygens (including phenoxy) is 1. The van der Waals surface area contributed by atoms with E-state index in [9.17, 15) is 0 Å². The highest BCUT2D eigenvalue weighted by Crippen LogP contribution is 2.25. The zero-order valence-electron chi connectivity index (χ0n) is 9.95. The molecule has 2 rings (SSSR count). The summed E-state index contributed by atoms with van der Waals surface area (Å²) in [6, 6.07) is 7.09. The van der Waals surface area contributed by atoms with E-state index in [2.05, 4.69) is 30.4 Å². The van der Waals surface area contributed by atoms with Crippen LogP contribution in [0, 0.1) is 0 Å². The number of nitrogens with one attached hydrogen (secondary N) is 1. The van der Waals surface area contributed by atoms with E-state index in [1.807, 2.05) is 0 Å². The molecule has 0 amide bonds. The van der Waals surface area contributed by atoms with Gasteiger partial charge in [-0.3, -0.25) is 0 Å². The van der Waals surface area contributed by atoms with Crippen molar-refractivity contribution in [3.8, 4) is 5.75 Å². The van der Waals surface area contributed by atoms with E-state index in [0.717, 1.165) is 18.7 Å². The van der Waals surface area contributed by atoms with Gasteiger partial charge in [-0.25, -0.2) is 0 Å². The van der Waals surface area contributed by atoms with Crippen LogP contribution in [-0.4, -0.2) is 19.7 Å². The molecule has 1 N–H and O–H groups in total. The van der Waals surface area contributed by atoms with Gasteiger partial charge in [-0.15, -0.1) is 12.4 Å². The third-order valence-electron chi connectivity index (χ3n) is 3.13. The second kappa shape index (κ2) is 6.12. The van der Waals surface area contributed by atoms with E-state index in [0.29, 0.717) is 6.04 Å². The number of likely N-dealkylation sites (N-methyl/N-ethyl adjacent to an activating group) is 1. The highest BCUT2D eigenvalue weighted by atomic mass is 35.5. The molecule has 0 heterocycles. The number of fused-ring (bicyclic) bond motifs is 1. The summed E-state index contributed by atoms with van der Waals surface area (Å²) in [6.07, 6.45) is 3.59. The minimum Gasteiger partial charge on any atom is -0.497 e. The Labute approximate surface area is 104 Å². The fourth-order valence-corrected chi connectivity index (χ4v) is 2.32. The first-order chi connectivity index (χ1) is 7.33. The van der Waals surface area contributed by atoms with Crippen molar-refractivity contribution in [2.75, 3.05) is 13.7 Å². The Kier molecular flexibility index (Phi) is 5.10. The largest absolute Gasteiger partial charge is 0.497 e. The average Bonchev–Trinajstić information content (AvgIpc) is 2.28. The lowest BCUT2D eigenvalue weighted by atomic mass is 9.88. The van der Waals surface area contributed by atoms with Gasteiger partial charge in [0, 0.05) is 6.04 Å². The summed E-state index contributed by atoms with van der Waals surface area (Å²) >= 11 is 0. The molecule has 1 aliphatic carbocycles. The van der Waals surface area contributed by atoms with Crippen molar-refractivity contribution < 1.29 is 4.74 Å². The van der Waals surface area contributed by atoms with Crippen LogP contribution in [0.1, 0.15) is 24.5 Å². The van der Waals surface area contributed by atoms with Crippen LogP contribution < -0.4 is 10.1 Å². The molecule has 0 spiro atoms. The van der Waals surface area contributed by atoms with Gasteiger partial charge >= 0.3 is 0 Å². The second-order valence-electron chi connectivity index (χ2n) is 4.13. The third-order valence-corrected chi connectivity index (χ3v) is 3.13. The highest BCUT2D eigenvalue weighted by molar-refractivity contribution is 5.85. The summed E-state index contributed by atoms with van der Waals surface area (Å²) in [5.74, 6) is 0.978. The lowest BCUT2D eigenvalue weighted by Gasteiger charge is -2.25. The first-order valence-electron chi connectivity index (χ1n) is 5.72. The SMILES string of the molecule is CCNC1CCc2ccc(OC)cc2C1.Cl. The maximum atomic E-state index is 5.26. The van der Waals surface area contributed by atoms with Gasteiger partial charge in [0.2, 0.25) is 0 Å². The molecule has 0 saturated carbocycles. The highest BCUT2D eigenvalue weighted by Gasteiger charge is 2.17. The van der Waals surface area contributed by atoms with Crippen LogP contribution in [0.5, 0.6) is 5.75 Å². The quantitative estimate of drug-likeness (QED) is 0.879. The molecule has 0 saturated heterocycles. The summed E-state index contributed by atoms with van der Waals surface area (Å²) in [6.45, 7) is 3.23. The number of halogens is 1. The van der Waals surface area contributed by atoms with Gasteiger partial charge in [0.1, 0.15) is 5.75 Å². The Morgan fingerprint density at radius 3 is 2.88 bits per heavy atom. The molecule has 1 aromatic carbocycles. The number of rotatable bonds is 3. The molecule has 90 valence electrons. The Morgan fingerprint density at radius 1 is 1.38 bits per heavy atom. The summed E-state index contributed by atoms with van der Waals surface area (Å²) in [5.41, 5.74) is 2.94. The number of hydrogen-bond donors (Lipinski definition) is 1. The van der Waals surface area contributed by atoms with E-state index in [1.165, 1.54) is 24.0 Å². The number of aryl methyl sites for hydroxylation is 1. The van der Waals surface area contributed by atoms with Gasteiger partial charge in [0.05, 0.1) is 7.11 Å². The van der Waals surface area contributed by atoms with Gasteiger partial charge in [0.25, 0.3) is 0 Å². The van der Waals surface area contributed by atoms with Crippen LogP contribution >= 0.6 is 12.4 Å². The van der Waals surface area contributed by atoms with Gasteiger partial charge in [-0.2, -0.15) is 0 Å². The van der Waals surface area contributed by atoms with Crippen LogP contribution in [0.2, 0.25) is 0 Å². The first kappa shape index (κ1) is 13.3. The van der Waals surface area contributed by atoms with Crippen molar-refractivity contribution in [2.24, 2.45) is 0 Å². The normalized spacial score (nSPS) is 18.5. The minimum atomic E-state index is 0. The zero-order chi connectivity index (χ0) is 10.7. The molecule has 1 unspecified atom stereocenters. The lowest BCUT2D eigenvalue weighted by molar-refractivity contribution is 0.411. The smallest absolute Gasteiger partial charge is 0.119 e. The maximum absolute atomic E-state index is 5.26. The van der Waals surface area contributed by atoms with Gasteiger partial charge in [0.15, 0.2) is 0 Å². The monoisotopic (exact) mass is 241 g/mol. The Morgan fingerprint density at radius 2 is 2.19 bits per heavy atom. The molecule has 16 heavy (non-hydrogen) atoms. The van der Waals surface area contributed by atoms with Gasteiger partial charge in [-0.05, 0) is 49.1 Å². The van der Waals surface area contributed by atoms with Gasteiger partial charge < -0.3 is 10.1 Å². The van der Waals surface area contributed by atoms with Crippen molar-refractivity contribution >= 4 is 12.4 Å². The van der Waals surface area contributed by atoms with E-state index >= 15 is 0 Å². The summed E-state index contributed by atoms with van der Waals surface area (Å²) in [5, 5.41) is 3.52. The lowest BCUT2D eigenvalue weighted by Crippen LogP contribution is -2.34. The molecule has 0 aromatic heterocycles. The van der Waals surface area contributed by atoms with E-state index in [-0.39, 0.29) is 12.4 Å². The molecule has 0 fully saturated rings. The van der Waals surface area contributed by atoms with E-state index in [4.69, 9.17) is 4.74 Å². The van der Waals surface area contributed by atoms with Crippen molar-refractivity contribution in [3.63, 3.8) is 0 Å². The maximum Gasteiger partial charge on any atom is 0.119 e. The standard InChI is InChI=1S/C13H19NO.ClH/c1-3-14-12-6-4-10-5-7-13(15-2)9-11(10)8-12;/h5,7,9,12,14H,3-4,6,8H2,1-2H3;1H. The zero-order valence-corrected chi connectivity index (χ0v) is 10.8. The van der Waals surface area contributed by atoms with Crippen molar-refractivity contribution in [1.82, 2.24) is 5.32 Å². The number of methoxy groups -OCH3 is 1. The number of hydrogen-bond acceptors (Lipinski definition) is 2. The Bertz CT molecular complexity index is 341. The fraction of sp³-hybridized carbons (Fsp3) is 0.538. The predicted molar refractivity (Wildman–Crippen MR) is 69.7 cm³/mol. The van der Waals surface area contributed by atoms with E-state index in [1.54, 1.807) is 7.11 Å². The fourth-order valence-electron chi connectivity index (χ4n) is 2.32. The molecule has 1 aromatic rings. The molecule has 0 aliphatic heterocycles. The van der Waals surface area contributed by atoms with Gasteiger partial charge in [-0.1, -0.05) is 13.0 Å². The van der Waals surface area contributed by atoms with E-state index < -0.39 is 0 Å². The van der Waals surface area contributed by atoms with Crippen molar-refractivity contribution in [2.45, 2.75) is 32.2 Å². The van der Waals surface area contributed by atoms with Crippen molar-refractivity contribution in [1.29, 1.82) is 0 Å². The third kappa shape index (κ3) is 2.89. The second-order valence-corrected chi connectivity index (χ2v) is 4.13. The topological polar surface area (TPSA) is 21.3 Å². The average molecular weight is 242 g/mol. The van der Waals surface area contributed by atoms with Crippen LogP contribution in [-0.2, 0) is 12.8 Å². The molecular weight excluding hydrogens is 222 g/mol. The molecule has 1 atom stereocenters. The Hall–Kier alpha value is -0.730. The number of benzene rings is 1. The Balaban J connectivity index is 0.00000128. The molecule has 0 bridgehead atoms.